The van der Waals surface area contributed by atoms with Gasteiger partial charge in [0.25, 0.3) is 17.4 Å². The Labute approximate surface area is 174 Å². The van der Waals surface area contributed by atoms with E-state index in [2.05, 4.69) is 10.2 Å². The Bertz CT molecular complexity index is 1200. The number of halogens is 3. The Balaban J connectivity index is 1.45. The van der Waals surface area contributed by atoms with E-state index in [4.69, 9.17) is 0 Å². The number of fused-ring (bicyclic) bond motifs is 1. The molecule has 1 aliphatic heterocycles. The Morgan fingerprint density at radius 1 is 0.839 bits per heavy atom. The van der Waals surface area contributed by atoms with E-state index in [0.717, 1.165) is 24.3 Å². The zero-order chi connectivity index (χ0) is 22.2. The molecule has 2 heterocycles. The minimum atomic E-state index is -4.46. The molecule has 2 aromatic carbocycles. The van der Waals surface area contributed by atoms with Gasteiger partial charge < -0.3 is 9.80 Å². The van der Waals surface area contributed by atoms with Crippen LogP contribution < -0.4 is 5.56 Å². The lowest BCUT2D eigenvalue weighted by molar-refractivity contribution is -0.137. The number of H-pyrrole nitrogens is 1. The predicted molar refractivity (Wildman–Crippen MR) is 106 cm³/mol. The molecule has 7 nitrogen and oxygen atoms in total. The lowest BCUT2D eigenvalue weighted by Crippen LogP contribution is -2.50. The van der Waals surface area contributed by atoms with E-state index in [9.17, 15) is 27.6 Å². The van der Waals surface area contributed by atoms with Gasteiger partial charge in [-0.1, -0.05) is 18.2 Å². The predicted octanol–water partition coefficient (Wildman–Crippen LogP) is 2.54. The van der Waals surface area contributed by atoms with Crippen LogP contribution >= 0.6 is 0 Å². The molecule has 0 aliphatic carbocycles. The third-order valence-corrected chi connectivity index (χ3v) is 5.21. The van der Waals surface area contributed by atoms with Crippen LogP contribution in [0.2, 0.25) is 0 Å². The molecule has 1 aromatic heterocycles. The summed E-state index contributed by atoms with van der Waals surface area (Å²) >= 11 is 0. The average Bonchev–Trinajstić information content (AvgIpc) is 2.78. The van der Waals surface area contributed by atoms with E-state index in [-0.39, 0.29) is 48.9 Å². The van der Waals surface area contributed by atoms with Crippen LogP contribution in [0.15, 0.2) is 53.3 Å². The second-order valence-corrected chi connectivity index (χ2v) is 7.11. The molecule has 10 heteroatoms. The van der Waals surface area contributed by atoms with E-state index in [1.54, 1.807) is 24.3 Å². The standard InChI is InChI=1S/C21H17F3N4O3/c22-21(23,24)14-7-5-13(6-8-14)19(30)27-9-11-28(12-10-27)20(31)17-15-3-1-2-4-16(15)18(29)26-25-17/h1-8H,9-12H2,(H,26,29). The largest absolute Gasteiger partial charge is 0.416 e. The number of aromatic amines is 1. The Kier molecular flexibility index (Phi) is 5.22. The first-order chi connectivity index (χ1) is 14.8. The number of benzene rings is 2. The fraction of sp³-hybridized carbons (Fsp3) is 0.238. The third-order valence-electron chi connectivity index (χ3n) is 5.21. The second-order valence-electron chi connectivity index (χ2n) is 7.11. The molecule has 160 valence electrons. The van der Waals surface area contributed by atoms with E-state index >= 15 is 0 Å². The van der Waals surface area contributed by atoms with Crippen molar-refractivity contribution in [3.8, 4) is 0 Å². The lowest BCUT2D eigenvalue weighted by Gasteiger charge is -2.34. The molecule has 0 atom stereocenters. The van der Waals surface area contributed by atoms with E-state index < -0.39 is 17.6 Å². The molecule has 31 heavy (non-hydrogen) atoms. The molecular formula is C21H17F3N4O3. The number of alkyl halides is 3. The van der Waals surface area contributed by atoms with E-state index in [1.165, 1.54) is 9.80 Å². The highest BCUT2D eigenvalue weighted by molar-refractivity contribution is 6.04. The van der Waals surface area contributed by atoms with Crippen LogP contribution in [0.1, 0.15) is 26.4 Å². The van der Waals surface area contributed by atoms with Crippen molar-refractivity contribution < 1.29 is 22.8 Å². The first kappa shape index (κ1) is 20.6. The number of hydrogen-bond acceptors (Lipinski definition) is 4. The van der Waals surface area contributed by atoms with Gasteiger partial charge in [0.15, 0.2) is 5.69 Å². The molecule has 0 unspecified atom stereocenters. The molecule has 1 saturated heterocycles. The highest BCUT2D eigenvalue weighted by Gasteiger charge is 2.31. The van der Waals surface area contributed by atoms with Gasteiger partial charge in [0.1, 0.15) is 0 Å². The van der Waals surface area contributed by atoms with Gasteiger partial charge >= 0.3 is 6.18 Å². The van der Waals surface area contributed by atoms with Gasteiger partial charge in [-0.3, -0.25) is 14.4 Å². The Morgan fingerprint density at radius 2 is 1.39 bits per heavy atom. The average molecular weight is 430 g/mol. The van der Waals surface area contributed by atoms with Crippen molar-refractivity contribution in [3.63, 3.8) is 0 Å². The zero-order valence-electron chi connectivity index (χ0n) is 16.1. The quantitative estimate of drug-likeness (QED) is 0.677. The van der Waals surface area contributed by atoms with Crippen molar-refractivity contribution in [1.29, 1.82) is 0 Å². The van der Waals surface area contributed by atoms with E-state index in [1.807, 2.05) is 0 Å². The molecular weight excluding hydrogens is 413 g/mol. The van der Waals surface area contributed by atoms with Crippen molar-refractivity contribution in [2.45, 2.75) is 6.18 Å². The second kappa shape index (κ2) is 7.86. The number of amides is 2. The van der Waals surface area contributed by atoms with Crippen LogP contribution in [0.3, 0.4) is 0 Å². The van der Waals surface area contributed by atoms with Crippen LogP contribution in [0.4, 0.5) is 13.2 Å². The molecule has 1 N–H and O–H groups in total. The normalized spacial score (nSPS) is 14.7. The topological polar surface area (TPSA) is 86.4 Å². The molecule has 2 amide bonds. The monoisotopic (exact) mass is 430 g/mol. The fourth-order valence-electron chi connectivity index (χ4n) is 3.52. The van der Waals surface area contributed by atoms with E-state index in [0.29, 0.717) is 10.8 Å². The number of rotatable bonds is 2. The number of aromatic nitrogens is 2. The molecule has 0 saturated carbocycles. The van der Waals surface area contributed by atoms with Gasteiger partial charge in [-0.15, -0.1) is 0 Å². The molecule has 0 spiro atoms. The SMILES string of the molecule is O=C(c1ccc(C(F)(F)F)cc1)N1CCN(C(=O)c2n[nH]c(=O)c3ccccc23)CC1. The summed E-state index contributed by atoms with van der Waals surface area (Å²) in [6.07, 6.45) is -4.46. The zero-order valence-corrected chi connectivity index (χ0v) is 16.1. The summed E-state index contributed by atoms with van der Waals surface area (Å²) in [4.78, 5) is 40.5. The lowest BCUT2D eigenvalue weighted by atomic mass is 10.1. The Hall–Kier alpha value is -3.69. The molecule has 3 aromatic rings. The summed E-state index contributed by atoms with van der Waals surface area (Å²) in [7, 11) is 0. The van der Waals surface area contributed by atoms with Crippen LogP contribution in [0, 0.1) is 0 Å². The minimum Gasteiger partial charge on any atom is -0.335 e. The first-order valence-electron chi connectivity index (χ1n) is 9.49. The summed E-state index contributed by atoms with van der Waals surface area (Å²) in [6.45, 7) is 0.931. The maximum Gasteiger partial charge on any atom is 0.416 e. The number of carbonyl (C=O) groups is 2. The third kappa shape index (κ3) is 4.00. The first-order valence-corrected chi connectivity index (χ1v) is 9.49. The maximum atomic E-state index is 12.9. The highest BCUT2D eigenvalue weighted by atomic mass is 19.4. The molecule has 1 aliphatic rings. The fourth-order valence-corrected chi connectivity index (χ4v) is 3.52. The minimum absolute atomic E-state index is 0.123. The molecule has 4 rings (SSSR count). The van der Waals surface area contributed by atoms with Crippen LogP contribution in [0.5, 0.6) is 0 Å². The number of carbonyl (C=O) groups excluding carboxylic acids is 2. The molecule has 0 bridgehead atoms. The van der Waals surface area contributed by atoms with Gasteiger partial charge in [0.2, 0.25) is 0 Å². The molecule has 1 fully saturated rings. The van der Waals surface area contributed by atoms with Crippen LogP contribution in [0.25, 0.3) is 10.8 Å². The van der Waals surface area contributed by atoms with Crippen molar-refractivity contribution >= 4 is 22.6 Å². The van der Waals surface area contributed by atoms with Crippen molar-refractivity contribution in [3.05, 3.63) is 75.7 Å². The van der Waals surface area contributed by atoms with Gasteiger partial charge in [-0.2, -0.15) is 18.3 Å². The summed E-state index contributed by atoms with van der Waals surface area (Å²) in [6, 6.07) is 10.7. The highest BCUT2D eigenvalue weighted by Crippen LogP contribution is 2.29. The summed E-state index contributed by atoms with van der Waals surface area (Å²) in [5.41, 5.74) is -0.932. The van der Waals surface area contributed by atoms with Gasteiger partial charge in [0, 0.05) is 37.1 Å². The van der Waals surface area contributed by atoms with Crippen molar-refractivity contribution in [2.24, 2.45) is 0 Å². The number of piperazine rings is 1. The van der Waals surface area contributed by atoms with Crippen molar-refractivity contribution in [2.75, 3.05) is 26.2 Å². The number of hydrogen-bond donors (Lipinski definition) is 1. The molecule has 0 radical (unpaired) electrons. The maximum absolute atomic E-state index is 12.9. The summed E-state index contributed by atoms with van der Waals surface area (Å²) in [5.74, 6) is -0.762. The van der Waals surface area contributed by atoms with Gasteiger partial charge in [-0.05, 0) is 30.3 Å². The summed E-state index contributed by atoms with van der Waals surface area (Å²) < 4.78 is 38.1. The van der Waals surface area contributed by atoms with Crippen LogP contribution in [-0.2, 0) is 6.18 Å². The Morgan fingerprint density at radius 3 is 1.97 bits per heavy atom. The number of nitrogens with zero attached hydrogens (tertiary/aromatic N) is 3. The van der Waals surface area contributed by atoms with Crippen LogP contribution in [-0.4, -0.2) is 58.0 Å². The van der Waals surface area contributed by atoms with Gasteiger partial charge in [0.05, 0.1) is 10.9 Å². The smallest absolute Gasteiger partial charge is 0.335 e. The van der Waals surface area contributed by atoms with Crippen molar-refractivity contribution in [1.82, 2.24) is 20.0 Å². The summed E-state index contributed by atoms with van der Waals surface area (Å²) in [5, 5.41) is 7.04. The number of nitrogens with one attached hydrogen (secondary N) is 1. The van der Waals surface area contributed by atoms with Gasteiger partial charge in [-0.25, -0.2) is 5.10 Å².